The summed E-state index contributed by atoms with van der Waals surface area (Å²) in [5.74, 6) is -1.98. The maximum atomic E-state index is 12.2. The summed E-state index contributed by atoms with van der Waals surface area (Å²) in [6.07, 6.45) is -31.0. The van der Waals surface area contributed by atoms with Gasteiger partial charge in [0.25, 0.3) is 0 Å². The van der Waals surface area contributed by atoms with E-state index in [-0.39, 0.29) is 19.4 Å². The first-order chi connectivity index (χ1) is 21.5. The van der Waals surface area contributed by atoms with Crippen LogP contribution < -0.4 is 11.1 Å². The summed E-state index contributed by atoms with van der Waals surface area (Å²) in [4.78, 5) is 23.1. The molecular weight excluding hydrogens is 632 g/mol. The van der Waals surface area contributed by atoms with E-state index in [1.165, 1.54) is 0 Å². The van der Waals surface area contributed by atoms with E-state index in [4.69, 9.17) is 29.8 Å². The highest BCUT2D eigenvalue weighted by molar-refractivity contribution is 5.78. The van der Waals surface area contributed by atoms with Gasteiger partial charge in [-0.25, -0.2) is 0 Å². The predicted octanol–water partition coefficient (Wildman–Crippen LogP) is -9.12. The minimum atomic E-state index is -3.08. The SMILES string of the molecule is NC(CCC(=O)NCC[C@H]1O[C@H]([C@@H](O)O[C@H]2O[C@H](CO)[C@@H](O)[C@H](O)[C@@H]2O)[C@@H](O)[C@@](O)([C@H]2O[C@H](CO)[C@@H](O)[C@H](O)[C@@H]2O)[C@@H]1O)C(=O)O. The molecule has 0 aromatic rings. The second kappa shape index (κ2) is 16.1. The lowest BCUT2D eigenvalue weighted by Crippen LogP contribution is -2.78. The molecule has 0 radical (unpaired) electrons. The Hall–Kier alpha value is -1.74. The molecule has 1 unspecified atom stereocenters. The standard InChI is InChI=1S/C25H44N2O19/c26-7(22(39)40)1-2-11(30)27-4-3-8-19(37)25(42,21-16(35)14(33)12(31)9(5-28)44-21)20(38)18(43-8)23(41)46-24-17(36)15(34)13(32)10(6-29)45-24/h7-10,12-21,23-24,28-29,31-38,41-42H,1-6,26H2,(H,27,30)(H,39,40)/t7?,8-,9-,10-,12-,13-,14+,15+,16+,17+,18+,19-,20-,21+,23+,24-,25-/m1/s1. The molecule has 0 aliphatic carbocycles. The first-order valence-electron chi connectivity index (χ1n) is 14.4. The number of carbonyl (C=O) groups is 2. The van der Waals surface area contributed by atoms with E-state index in [0.29, 0.717) is 0 Å². The van der Waals surface area contributed by atoms with Crippen molar-refractivity contribution in [2.75, 3.05) is 19.8 Å². The average molecular weight is 677 g/mol. The number of amides is 1. The summed E-state index contributed by atoms with van der Waals surface area (Å²) >= 11 is 0. The summed E-state index contributed by atoms with van der Waals surface area (Å²) in [5.41, 5.74) is 2.29. The van der Waals surface area contributed by atoms with Gasteiger partial charge >= 0.3 is 5.97 Å². The quantitative estimate of drug-likeness (QED) is 0.0805. The molecule has 3 aliphatic heterocycles. The van der Waals surface area contributed by atoms with Crippen molar-refractivity contribution in [2.24, 2.45) is 5.73 Å². The molecule has 0 spiro atoms. The normalized spacial score (nSPS) is 44.7. The van der Waals surface area contributed by atoms with Crippen molar-refractivity contribution in [1.82, 2.24) is 5.32 Å². The molecule has 21 nitrogen and oxygen atoms in total. The lowest BCUT2D eigenvalue weighted by molar-refractivity contribution is -0.383. The zero-order chi connectivity index (χ0) is 34.7. The van der Waals surface area contributed by atoms with Crippen LogP contribution in [-0.2, 0) is 28.5 Å². The molecule has 3 fully saturated rings. The molecule has 16 N–H and O–H groups in total. The van der Waals surface area contributed by atoms with E-state index >= 15 is 0 Å². The topological polar surface area (TPSA) is 372 Å². The summed E-state index contributed by atoms with van der Waals surface area (Å²) < 4.78 is 21.4. The molecule has 17 atom stereocenters. The van der Waals surface area contributed by atoms with E-state index in [1.807, 2.05) is 0 Å². The Kier molecular flexibility index (Phi) is 13.6. The van der Waals surface area contributed by atoms with Gasteiger partial charge in [0.15, 0.2) is 18.2 Å². The van der Waals surface area contributed by atoms with Crippen LogP contribution in [0.4, 0.5) is 0 Å². The number of carbonyl (C=O) groups excluding carboxylic acids is 1. The molecule has 0 aromatic heterocycles. The van der Waals surface area contributed by atoms with Gasteiger partial charge in [0, 0.05) is 13.0 Å². The van der Waals surface area contributed by atoms with Crippen molar-refractivity contribution in [3.8, 4) is 0 Å². The number of ether oxygens (including phenoxy) is 4. The third-order valence-electron chi connectivity index (χ3n) is 8.44. The highest BCUT2D eigenvalue weighted by Crippen LogP contribution is 2.41. The molecule has 21 heteroatoms. The Labute approximate surface area is 260 Å². The van der Waals surface area contributed by atoms with Crippen molar-refractivity contribution < 1.29 is 94.9 Å². The number of nitrogens with two attached hydrogens (primary N) is 1. The van der Waals surface area contributed by atoms with Crippen LogP contribution in [0.5, 0.6) is 0 Å². The first kappa shape index (κ1) is 38.7. The van der Waals surface area contributed by atoms with Crippen LogP contribution in [-0.4, -0.2) is 202 Å². The molecule has 3 heterocycles. The van der Waals surface area contributed by atoms with Gasteiger partial charge in [-0.1, -0.05) is 0 Å². The maximum Gasteiger partial charge on any atom is 0.320 e. The fourth-order valence-electron chi connectivity index (χ4n) is 5.60. The van der Waals surface area contributed by atoms with Crippen molar-refractivity contribution in [2.45, 2.75) is 123 Å². The zero-order valence-corrected chi connectivity index (χ0v) is 24.3. The number of aliphatic hydroxyl groups excluding tert-OH is 11. The van der Waals surface area contributed by atoms with Gasteiger partial charge in [-0.15, -0.1) is 0 Å². The van der Waals surface area contributed by atoms with Crippen molar-refractivity contribution >= 4 is 11.9 Å². The van der Waals surface area contributed by atoms with Gasteiger partial charge in [-0.05, 0) is 12.8 Å². The average Bonchev–Trinajstić information content (AvgIpc) is 3.02. The Morgan fingerprint density at radius 1 is 0.804 bits per heavy atom. The number of nitrogens with one attached hydrogen (secondary N) is 1. The molecule has 1 amide bonds. The lowest BCUT2D eigenvalue weighted by atomic mass is 9.72. The first-order valence-corrected chi connectivity index (χ1v) is 14.4. The second-order valence-electron chi connectivity index (χ2n) is 11.5. The second-order valence-corrected chi connectivity index (χ2v) is 11.5. The predicted molar refractivity (Wildman–Crippen MR) is 143 cm³/mol. The van der Waals surface area contributed by atoms with Gasteiger partial charge in [-0.3, -0.25) is 9.59 Å². The highest BCUT2D eigenvalue weighted by atomic mass is 16.8. The van der Waals surface area contributed by atoms with Crippen LogP contribution >= 0.6 is 0 Å². The Morgan fingerprint density at radius 2 is 1.37 bits per heavy atom. The molecule has 0 aromatic carbocycles. The smallest absolute Gasteiger partial charge is 0.320 e. The monoisotopic (exact) mass is 676 g/mol. The van der Waals surface area contributed by atoms with Crippen molar-refractivity contribution in [3.05, 3.63) is 0 Å². The number of aliphatic hydroxyl groups is 12. The number of rotatable bonds is 13. The molecular formula is C25H44N2O19. The largest absolute Gasteiger partial charge is 0.480 e. The zero-order valence-electron chi connectivity index (χ0n) is 24.3. The molecule has 268 valence electrons. The molecule has 0 saturated carbocycles. The van der Waals surface area contributed by atoms with E-state index < -0.39 is 135 Å². The number of carboxylic acids is 1. The summed E-state index contributed by atoms with van der Waals surface area (Å²) in [7, 11) is 0. The van der Waals surface area contributed by atoms with Crippen LogP contribution in [0.15, 0.2) is 0 Å². The maximum absolute atomic E-state index is 12.2. The van der Waals surface area contributed by atoms with E-state index in [9.17, 15) is 70.9 Å². The van der Waals surface area contributed by atoms with Crippen LogP contribution in [0.3, 0.4) is 0 Å². The minimum absolute atomic E-state index is 0.212. The van der Waals surface area contributed by atoms with Crippen LogP contribution in [0, 0.1) is 0 Å². The molecule has 3 rings (SSSR count). The number of hydrogen-bond donors (Lipinski definition) is 15. The Bertz CT molecular complexity index is 1010. The lowest BCUT2D eigenvalue weighted by Gasteiger charge is -2.55. The Morgan fingerprint density at radius 3 is 1.93 bits per heavy atom. The fraction of sp³-hybridized carbons (Fsp3) is 0.920. The summed E-state index contributed by atoms with van der Waals surface area (Å²) in [6.45, 7) is -2.13. The van der Waals surface area contributed by atoms with Crippen LogP contribution in [0.2, 0.25) is 0 Å². The number of carboxylic acid groups (broad SMARTS) is 1. The molecule has 3 saturated heterocycles. The van der Waals surface area contributed by atoms with Gasteiger partial charge in [0.2, 0.25) is 5.91 Å². The summed E-state index contributed by atoms with van der Waals surface area (Å²) in [5, 5.41) is 137. The minimum Gasteiger partial charge on any atom is -0.480 e. The Balaban J connectivity index is 1.86. The van der Waals surface area contributed by atoms with E-state index in [0.717, 1.165) is 0 Å². The highest BCUT2D eigenvalue weighted by Gasteiger charge is 2.65. The van der Waals surface area contributed by atoms with Gasteiger partial charge in [0.05, 0.1) is 19.3 Å². The summed E-state index contributed by atoms with van der Waals surface area (Å²) in [6, 6.07) is -1.31. The van der Waals surface area contributed by atoms with Crippen molar-refractivity contribution in [1.29, 1.82) is 0 Å². The molecule has 3 aliphatic rings. The van der Waals surface area contributed by atoms with E-state index in [2.05, 4.69) is 5.32 Å². The third-order valence-corrected chi connectivity index (χ3v) is 8.44. The van der Waals surface area contributed by atoms with Crippen LogP contribution in [0.1, 0.15) is 19.3 Å². The van der Waals surface area contributed by atoms with Gasteiger partial charge in [-0.2, -0.15) is 0 Å². The third kappa shape index (κ3) is 7.93. The fourth-order valence-corrected chi connectivity index (χ4v) is 5.60. The van der Waals surface area contributed by atoms with Gasteiger partial charge in [0.1, 0.15) is 79.3 Å². The van der Waals surface area contributed by atoms with E-state index in [1.54, 1.807) is 0 Å². The molecule has 46 heavy (non-hydrogen) atoms. The van der Waals surface area contributed by atoms with Gasteiger partial charge < -0.3 is 96.4 Å². The van der Waals surface area contributed by atoms with Crippen molar-refractivity contribution in [3.63, 3.8) is 0 Å². The van der Waals surface area contributed by atoms with Crippen LogP contribution in [0.25, 0.3) is 0 Å². The number of hydrogen-bond acceptors (Lipinski definition) is 19. The number of aliphatic carboxylic acids is 1. The molecule has 0 bridgehead atoms.